The summed E-state index contributed by atoms with van der Waals surface area (Å²) in [5.74, 6) is 1.55. The zero-order chi connectivity index (χ0) is 16.1. The van der Waals surface area contributed by atoms with Crippen LogP contribution in [0.25, 0.3) is 0 Å². The van der Waals surface area contributed by atoms with E-state index in [1.165, 1.54) is 22.3 Å². The van der Waals surface area contributed by atoms with Gasteiger partial charge in [0.2, 0.25) is 0 Å². The molecule has 1 atom stereocenters. The molecule has 0 amide bonds. The summed E-state index contributed by atoms with van der Waals surface area (Å²) in [6.07, 6.45) is 4.64. The lowest BCUT2D eigenvalue weighted by molar-refractivity contribution is 0.520. The van der Waals surface area contributed by atoms with Crippen LogP contribution < -0.4 is 0 Å². The van der Waals surface area contributed by atoms with Gasteiger partial charge >= 0.3 is 0 Å². The van der Waals surface area contributed by atoms with Gasteiger partial charge in [0.05, 0.1) is 6.26 Å². The maximum Gasteiger partial charge on any atom is 0.108 e. The van der Waals surface area contributed by atoms with Crippen molar-refractivity contribution in [1.82, 2.24) is 0 Å². The fourth-order valence-corrected chi connectivity index (χ4v) is 3.03. The molecule has 0 saturated heterocycles. The number of benzene rings is 2. The van der Waals surface area contributed by atoms with Crippen LogP contribution in [-0.2, 0) is 12.8 Å². The Bertz CT molecular complexity index is 726. The van der Waals surface area contributed by atoms with E-state index in [4.69, 9.17) is 4.42 Å². The predicted octanol–water partition coefficient (Wildman–Crippen LogP) is 5.77. The Labute approximate surface area is 139 Å². The average molecular weight is 303 g/mol. The second-order valence-corrected chi connectivity index (χ2v) is 6.12. The van der Waals surface area contributed by atoms with E-state index in [-0.39, 0.29) is 0 Å². The van der Waals surface area contributed by atoms with Gasteiger partial charge in [-0.25, -0.2) is 0 Å². The van der Waals surface area contributed by atoms with Crippen molar-refractivity contribution < 1.29 is 4.42 Å². The highest BCUT2D eigenvalue weighted by atomic mass is 16.3. The third-order valence-corrected chi connectivity index (χ3v) is 4.53. The summed E-state index contributed by atoms with van der Waals surface area (Å²) in [6, 6.07) is 22.4. The van der Waals surface area contributed by atoms with Gasteiger partial charge in [-0.05, 0) is 59.2 Å². The molecule has 0 fully saturated rings. The predicted molar refractivity (Wildman–Crippen MR) is 94.7 cm³/mol. The van der Waals surface area contributed by atoms with Crippen molar-refractivity contribution in [3.8, 4) is 0 Å². The quantitative estimate of drug-likeness (QED) is 0.563. The first-order chi connectivity index (χ1) is 11.3. The van der Waals surface area contributed by atoms with E-state index < -0.39 is 0 Å². The van der Waals surface area contributed by atoms with Crippen molar-refractivity contribution >= 4 is 0 Å². The van der Waals surface area contributed by atoms with Crippen molar-refractivity contribution in [2.45, 2.75) is 39.0 Å². The smallest absolute Gasteiger partial charge is 0.108 e. The summed E-state index contributed by atoms with van der Waals surface area (Å²) in [4.78, 5) is 0. The first kappa shape index (κ1) is 15.6. The topological polar surface area (TPSA) is 13.1 Å². The Morgan fingerprint density at radius 3 is 2.52 bits per heavy atom. The van der Waals surface area contributed by atoms with Crippen LogP contribution in [0, 0.1) is 6.07 Å². The SMILES string of the molecule is CCC(C)c1cc[c]c(Cc2ccco2)c1Cc1ccccc1. The van der Waals surface area contributed by atoms with Gasteiger partial charge in [0.15, 0.2) is 0 Å². The van der Waals surface area contributed by atoms with E-state index in [2.05, 4.69) is 62.4 Å². The molecule has 1 heteroatoms. The molecule has 2 aromatic carbocycles. The maximum absolute atomic E-state index is 5.55. The monoisotopic (exact) mass is 303 g/mol. The molecule has 0 spiro atoms. The van der Waals surface area contributed by atoms with Crippen LogP contribution in [0.5, 0.6) is 0 Å². The third-order valence-electron chi connectivity index (χ3n) is 4.53. The minimum absolute atomic E-state index is 0.554. The Morgan fingerprint density at radius 1 is 1.00 bits per heavy atom. The molecule has 23 heavy (non-hydrogen) atoms. The first-order valence-electron chi connectivity index (χ1n) is 8.36. The van der Waals surface area contributed by atoms with Crippen LogP contribution in [0.15, 0.2) is 65.3 Å². The van der Waals surface area contributed by atoms with Crippen molar-refractivity contribution in [2.75, 3.05) is 0 Å². The van der Waals surface area contributed by atoms with Gasteiger partial charge < -0.3 is 4.42 Å². The zero-order valence-electron chi connectivity index (χ0n) is 13.9. The maximum atomic E-state index is 5.55. The second kappa shape index (κ2) is 7.32. The molecule has 1 nitrogen and oxygen atoms in total. The Kier molecular flexibility index (Phi) is 4.97. The van der Waals surface area contributed by atoms with Gasteiger partial charge in [-0.3, -0.25) is 0 Å². The molecule has 3 rings (SSSR count). The van der Waals surface area contributed by atoms with Crippen LogP contribution in [0.4, 0.5) is 0 Å². The van der Waals surface area contributed by atoms with Crippen LogP contribution in [0.1, 0.15) is 54.2 Å². The summed E-state index contributed by atoms with van der Waals surface area (Å²) in [5, 5.41) is 0. The molecule has 0 aliphatic heterocycles. The van der Waals surface area contributed by atoms with E-state index >= 15 is 0 Å². The number of hydrogen-bond donors (Lipinski definition) is 0. The Hall–Kier alpha value is -2.28. The largest absolute Gasteiger partial charge is 0.469 e. The highest BCUT2D eigenvalue weighted by Gasteiger charge is 2.14. The number of rotatable bonds is 6. The molecule has 3 aromatic rings. The fourth-order valence-electron chi connectivity index (χ4n) is 3.03. The lowest BCUT2D eigenvalue weighted by Crippen LogP contribution is -2.05. The molecular formula is C22H23O. The molecule has 0 bridgehead atoms. The highest BCUT2D eigenvalue weighted by molar-refractivity contribution is 5.41. The summed E-state index contributed by atoms with van der Waals surface area (Å²) >= 11 is 0. The minimum Gasteiger partial charge on any atom is -0.469 e. The van der Waals surface area contributed by atoms with Crippen molar-refractivity contribution in [3.05, 3.63) is 94.9 Å². The lowest BCUT2D eigenvalue weighted by Gasteiger charge is -2.18. The molecule has 0 saturated carbocycles. The van der Waals surface area contributed by atoms with E-state index in [1.807, 2.05) is 12.1 Å². The Morgan fingerprint density at radius 2 is 1.83 bits per heavy atom. The molecular weight excluding hydrogens is 280 g/mol. The Balaban J connectivity index is 2.00. The minimum atomic E-state index is 0.554. The standard InChI is InChI=1S/C22H23O/c1-3-17(2)21-13-7-11-19(16-20-12-8-14-23-20)22(21)15-18-9-5-4-6-10-18/h4-10,12-14,17H,3,15-16H2,1-2H3. The van der Waals surface area contributed by atoms with Crippen LogP contribution in [0.3, 0.4) is 0 Å². The fraction of sp³-hybridized carbons (Fsp3) is 0.273. The highest BCUT2D eigenvalue weighted by Crippen LogP contribution is 2.28. The lowest BCUT2D eigenvalue weighted by atomic mass is 9.86. The van der Waals surface area contributed by atoms with E-state index in [9.17, 15) is 0 Å². The number of furan rings is 1. The molecule has 1 unspecified atom stereocenters. The first-order valence-corrected chi connectivity index (χ1v) is 8.36. The van der Waals surface area contributed by atoms with Gasteiger partial charge in [-0.15, -0.1) is 0 Å². The molecule has 117 valence electrons. The molecule has 1 radical (unpaired) electrons. The van der Waals surface area contributed by atoms with Gasteiger partial charge in [0.25, 0.3) is 0 Å². The summed E-state index contributed by atoms with van der Waals surface area (Å²) in [7, 11) is 0. The molecule has 1 aromatic heterocycles. The van der Waals surface area contributed by atoms with E-state index in [0.717, 1.165) is 25.0 Å². The van der Waals surface area contributed by atoms with Gasteiger partial charge in [0.1, 0.15) is 5.76 Å². The normalized spacial score (nSPS) is 12.3. The average Bonchev–Trinajstić information content (AvgIpc) is 3.09. The third kappa shape index (κ3) is 3.73. The summed E-state index contributed by atoms with van der Waals surface area (Å²) in [5.41, 5.74) is 5.44. The van der Waals surface area contributed by atoms with Gasteiger partial charge in [0, 0.05) is 6.42 Å². The number of hydrogen-bond acceptors (Lipinski definition) is 1. The summed E-state index contributed by atoms with van der Waals surface area (Å²) in [6.45, 7) is 4.56. The van der Waals surface area contributed by atoms with Crippen LogP contribution >= 0.6 is 0 Å². The second-order valence-electron chi connectivity index (χ2n) is 6.12. The van der Waals surface area contributed by atoms with Crippen LogP contribution in [0.2, 0.25) is 0 Å². The van der Waals surface area contributed by atoms with Gasteiger partial charge in [-0.1, -0.05) is 56.3 Å². The van der Waals surface area contributed by atoms with Crippen LogP contribution in [-0.4, -0.2) is 0 Å². The van der Waals surface area contributed by atoms with E-state index in [0.29, 0.717) is 5.92 Å². The van der Waals surface area contributed by atoms with E-state index in [1.54, 1.807) is 6.26 Å². The van der Waals surface area contributed by atoms with Crippen molar-refractivity contribution in [3.63, 3.8) is 0 Å². The molecule has 1 heterocycles. The zero-order valence-corrected chi connectivity index (χ0v) is 13.9. The summed E-state index contributed by atoms with van der Waals surface area (Å²) < 4.78 is 5.55. The molecule has 0 N–H and O–H groups in total. The molecule has 0 aliphatic carbocycles. The van der Waals surface area contributed by atoms with Gasteiger partial charge in [-0.2, -0.15) is 0 Å². The van der Waals surface area contributed by atoms with Crippen molar-refractivity contribution in [2.24, 2.45) is 0 Å². The van der Waals surface area contributed by atoms with Crippen molar-refractivity contribution in [1.29, 1.82) is 0 Å². The molecule has 0 aliphatic rings.